The van der Waals surface area contributed by atoms with Crippen molar-refractivity contribution in [2.24, 2.45) is 0 Å². The van der Waals surface area contributed by atoms with Gasteiger partial charge in [0.2, 0.25) is 0 Å². The van der Waals surface area contributed by atoms with E-state index in [2.05, 4.69) is 64.7 Å². The van der Waals surface area contributed by atoms with E-state index in [1.807, 2.05) is 13.8 Å². The van der Waals surface area contributed by atoms with Crippen LogP contribution in [0.3, 0.4) is 0 Å². The highest BCUT2D eigenvalue weighted by molar-refractivity contribution is 7.39. The normalized spacial score (nSPS) is 12.3. The van der Waals surface area contributed by atoms with Crippen LogP contribution in [-0.4, -0.2) is 31.4 Å². The van der Waals surface area contributed by atoms with Crippen molar-refractivity contribution in [1.29, 1.82) is 0 Å². The topological polar surface area (TPSA) is 0 Å². The third kappa shape index (κ3) is 4.61. The molecule has 0 nitrogen and oxygen atoms in total. The molecule has 0 aliphatic heterocycles. The van der Waals surface area contributed by atoms with Crippen LogP contribution in [0, 0.1) is 25.5 Å². The van der Waals surface area contributed by atoms with Crippen LogP contribution >= 0.6 is 64.7 Å². The molecule has 8 atom stereocenters. The average molecular weight is 571 g/mol. The maximum absolute atomic E-state index is 15.9. The van der Waals surface area contributed by atoms with Gasteiger partial charge >= 0.3 is 0 Å². The van der Waals surface area contributed by atoms with E-state index >= 15 is 8.78 Å². The molecule has 8 radical (unpaired) electrons. The van der Waals surface area contributed by atoms with Crippen LogP contribution in [0.25, 0.3) is 0 Å². The summed E-state index contributed by atoms with van der Waals surface area (Å²) in [5.41, 5.74) is 2.74. The van der Waals surface area contributed by atoms with Crippen LogP contribution in [0.5, 0.6) is 0 Å². The van der Waals surface area contributed by atoms with E-state index in [0.717, 1.165) is 32.3 Å². The van der Waals surface area contributed by atoms with Crippen molar-refractivity contribution < 1.29 is 8.78 Å². The van der Waals surface area contributed by atoms with Crippen molar-refractivity contribution in [3.63, 3.8) is 0 Å². The molecule has 0 aliphatic carbocycles. The van der Waals surface area contributed by atoms with Gasteiger partial charge in [-0.25, -0.2) is 8.78 Å². The van der Waals surface area contributed by atoms with Gasteiger partial charge in [0.25, 0.3) is 0 Å². The highest BCUT2D eigenvalue weighted by Crippen LogP contribution is 2.33. The maximum atomic E-state index is 15.9. The molecule has 0 saturated carbocycles. The van der Waals surface area contributed by atoms with Crippen LogP contribution in [0.15, 0.2) is 0 Å². The zero-order valence-electron chi connectivity index (χ0n) is 18.7. The Hall–Kier alpha value is 0.790. The van der Waals surface area contributed by atoms with E-state index < -0.39 is 17.6 Å². The Labute approximate surface area is 222 Å². The van der Waals surface area contributed by atoms with Gasteiger partial charge in [0.05, 0.1) is 0 Å². The van der Waals surface area contributed by atoms with E-state index in [0.29, 0.717) is 32.7 Å². The van der Waals surface area contributed by atoms with Crippen molar-refractivity contribution >= 4 is 155 Å². The molecule has 0 fully saturated rings. The first-order valence-corrected chi connectivity index (χ1v) is 14.0. The number of hydrogen-bond acceptors (Lipinski definition) is 0. The van der Waals surface area contributed by atoms with Crippen molar-refractivity contribution in [2.45, 2.75) is 19.8 Å². The van der Waals surface area contributed by atoms with E-state index in [4.69, 9.17) is 31.4 Å². The molecule has 3 aromatic rings. The van der Waals surface area contributed by atoms with Gasteiger partial charge in [0, 0.05) is 11.5 Å². The molecule has 3 aromatic carbocycles. The summed E-state index contributed by atoms with van der Waals surface area (Å²) in [6, 6.07) is 0. The van der Waals surface area contributed by atoms with E-state index in [-0.39, 0.29) is 21.8 Å². The lowest BCUT2D eigenvalue weighted by Gasteiger charge is -2.32. The Morgan fingerprint density at radius 1 is 0.471 bits per heavy atom. The van der Waals surface area contributed by atoms with E-state index in [1.54, 1.807) is 0 Å². The molecule has 0 spiro atoms. The summed E-state index contributed by atoms with van der Waals surface area (Å²) in [4.78, 5) is 0. The Balaban J connectivity index is 2.68. The van der Waals surface area contributed by atoms with Gasteiger partial charge in [0.1, 0.15) is 43.0 Å². The largest absolute Gasteiger partial charge is 0.207 e. The molecule has 34 heavy (non-hydrogen) atoms. The smallest absolute Gasteiger partial charge is 0.123 e. The standard InChI is InChI=1S/C21H21B4F2P7/c1-3-15(28)9(22)6(10(23)16(3)29)5(7-13(26)11(24)21(34)12(25)14(7)27)8-19(32)17(30)4(2)18(31)20(8)33/h5H,28-34H2,1-2H3. The van der Waals surface area contributed by atoms with Crippen molar-refractivity contribution in [2.75, 3.05) is 0 Å². The second kappa shape index (κ2) is 10.9. The lowest BCUT2D eigenvalue weighted by molar-refractivity contribution is 0.564. The highest BCUT2D eigenvalue weighted by atomic mass is 31.0. The van der Waals surface area contributed by atoms with E-state index in [1.165, 1.54) is 0 Å². The first-order chi connectivity index (χ1) is 15.7. The fraction of sp³-hybridized carbons (Fsp3) is 0.143. The quantitative estimate of drug-likeness (QED) is 0.185. The van der Waals surface area contributed by atoms with E-state index in [9.17, 15) is 0 Å². The van der Waals surface area contributed by atoms with Gasteiger partial charge in [-0.1, -0.05) is 21.9 Å². The number of halogens is 2. The van der Waals surface area contributed by atoms with Crippen LogP contribution in [0.1, 0.15) is 33.7 Å². The summed E-state index contributed by atoms with van der Waals surface area (Å²) in [5, 5.41) is 4.74. The summed E-state index contributed by atoms with van der Waals surface area (Å²) < 4.78 is 31.7. The molecular weight excluding hydrogens is 550 g/mol. The molecular formula is C21H21B4F2P7. The molecule has 0 amide bonds. The molecule has 166 valence electrons. The van der Waals surface area contributed by atoms with Gasteiger partial charge in [-0.2, -0.15) is 0 Å². The van der Waals surface area contributed by atoms with Gasteiger partial charge in [-0.15, -0.1) is 64.7 Å². The summed E-state index contributed by atoms with van der Waals surface area (Å²) >= 11 is 0. The van der Waals surface area contributed by atoms with Crippen molar-refractivity contribution in [3.05, 3.63) is 39.5 Å². The number of rotatable bonds is 3. The summed E-state index contributed by atoms with van der Waals surface area (Å²) in [6.07, 6.45) is 0. The molecule has 3 rings (SSSR count). The molecule has 0 saturated heterocycles. The molecule has 8 unspecified atom stereocenters. The van der Waals surface area contributed by atoms with Gasteiger partial charge in [0.15, 0.2) is 0 Å². The maximum Gasteiger partial charge on any atom is 0.123 e. The minimum absolute atomic E-state index is 0.0698. The Bertz CT molecular complexity index is 1130. The zero-order chi connectivity index (χ0) is 26.0. The van der Waals surface area contributed by atoms with Crippen LogP contribution in [-0.2, 0) is 0 Å². The minimum Gasteiger partial charge on any atom is -0.207 e. The predicted molar refractivity (Wildman–Crippen MR) is 177 cm³/mol. The van der Waals surface area contributed by atoms with Crippen molar-refractivity contribution in [1.82, 2.24) is 0 Å². The minimum atomic E-state index is -1.03. The van der Waals surface area contributed by atoms with Gasteiger partial charge in [-0.3, -0.25) is 0 Å². The Morgan fingerprint density at radius 3 is 1.21 bits per heavy atom. The fourth-order valence-corrected chi connectivity index (χ4v) is 7.12. The monoisotopic (exact) mass is 572 g/mol. The van der Waals surface area contributed by atoms with Crippen molar-refractivity contribution in [3.8, 4) is 0 Å². The Kier molecular flexibility index (Phi) is 9.39. The average Bonchev–Trinajstić information content (AvgIpc) is 2.81. The highest BCUT2D eigenvalue weighted by Gasteiger charge is 2.33. The first kappa shape index (κ1) is 29.3. The second-order valence-electron chi connectivity index (χ2n) is 8.10. The summed E-state index contributed by atoms with van der Waals surface area (Å²) in [7, 11) is 43.5. The molecule has 0 heterocycles. The zero-order valence-corrected chi connectivity index (χ0v) is 26.8. The molecule has 0 N–H and O–H groups in total. The third-order valence-electron chi connectivity index (χ3n) is 6.33. The number of hydrogen-bond donors (Lipinski definition) is 0. The van der Waals surface area contributed by atoms with Crippen LogP contribution in [0.4, 0.5) is 8.78 Å². The molecule has 0 bridgehead atoms. The molecule has 0 aromatic heterocycles. The molecule has 13 heteroatoms. The number of benzene rings is 3. The van der Waals surface area contributed by atoms with Gasteiger partial charge < -0.3 is 0 Å². The SMILES string of the molecule is [B]c1c(F)c(C(c2c([B])c(P)c(C)c(P)c2[B])c2c(P)c(P)c(C)c(P)c2P)c(F)c([B])c1P. The third-order valence-corrected chi connectivity index (χ3v) is 11.8. The summed E-state index contributed by atoms with van der Waals surface area (Å²) in [5.74, 6) is -2.84. The van der Waals surface area contributed by atoms with Crippen LogP contribution < -0.4 is 59.0 Å². The lowest BCUT2D eigenvalue weighted by atomic mass is 9.69. The summed E-state index contributed by atoms with van der Waals surface area (Å²) in [6.45, 7) is 3.85. The second-order valence-corrected chi connectivity index (χ2v) is 12.1. The lowest BCUT2D eigenvalue weighted by Crippen LogP contribution is -2.47. The van der Waals surface area contributed by atoms with Crippen LogP contribution in [0.2, 0.25) is 0 Å². The first-order valence-electron chi connectivity index (χ1n) is 9.92. The molecule has 0 aliphatic rings. The predicted octanol–water partition coefficient (Wildman–Crippen LogP) is -2.56. The van der Waals surface area contributed by atoms with Gasteiger partial charge in [-0.05, 0) is 73.2 Å². The fourth-order valence-electron chi connectivity index (χ4n) is 4.05. The Morgan fingerprint density at radius 2 is 0.824 bits per heavy atom.